The second kappa shape index (κ2) is 8.85. The quantitative estimate of drug-likeness (QED) is 0.756. The minimum atomic E-state index is -0.558. The van der Waals surface area contributed by atoms with E-state index in [2.05, 4.69) is 5.92 Å². The lowest BCUT2D eigenvalue weighted by Crippen LogP contribution is -2.01. The minimum absolute atomic E-state index is 0.187. The zero-order valence-corrected chi connectivity index (χ0v) is 14.0. The van der Waals surface area contributed by atoms with Crippen LogP contribution < -0.4 is 14.2 Å². The van der Waals surface area contributed by atoms with Crippen LogP contribution in [0.4, 0.5) is 0 Å². The second-order valence-corrected chi connectivity index (χ2v) is 5.31. The Morgan fingerprint density at radius 2 is 1.92 bits per heavy atom. The van der Waals surface area contributed by atoms with E-state index in [0.717, 1.165) is 16.9 Å². The summed E-state index contributed by atoms with van der Waals surface area (Å²) in [6.07, 6.45) is 5.97. The SMILES string of the molecule is C#CCOc1cc(CCC(O)c2cccc(OC)c2)ccc1OC. The minimum Gasteiger partial charge on any atom is -0.497 e. The van der Waals surface area contributed by atoms with Crippen LogP contribution in [0.3, 0.4) is 0 Å². The maximum atomic E-state index is 10.4. The first-order chi connectivity index (χ1) is 11.7. The van der Waals surface area contributed by atoms with Gasteiger partial charge in [0.15, 0.2) is 11.5 Å². The molecule has 0 aromatic heterocycles. The first-order valence-corrected chi connectivity index (χ1v) is 7.73. The average Bonchev–Trinajstić information content (AvgIpc) is 2.64. The molecule has 1 N–H and O–H groups in total. The lowest BCUT2D eigenvalue weighted by Gasteiger charge is -2.14. The number of hydrogen-bond acceptors (Lipinski definition) is 4. The fraction of sp³-hybridized carbons (Fsp3) is 0.300. The third kappa shape index (κ3) is 4.68. The summed E-state index contributed by atoms with van der Waals surface area (Å²) >= 11 is 0. The van der Waals surface area contributed by atoms with Crippen LogP contribution in [-0.4, -0.2) is 25.9 Å². The van der Waals surface area contributed by atoms with Crippen LogP contribution in [0.5, 0.6) is 17.2 Å². The Kier molecular flexibility index (Phi) is 6.53. The van der Waals surface area contributed by atoms with Crippen molar-refractivity contribution in [3.8, 4) is 29.6 Å². The molecule has 2 aromatic rings. The Morgan fingerprint density at radius 1 is 1.08 bits per heavy atom. The molecule has 2 aromatic carbocycles. The summed E-state index contributed by atoms with van der Waals surface area (Å²) in [6, 6.07) is 13.2. The van der Waals surface area contributed by atoms with Crippen LogP contribution in [0.2, 0.25) is 0 Å². The first-order valence-electron chi connectivity index (χ1n) is 7.73. The molecule has 0 saturated carbocycles. The van der Waals surface area contributed by atoms with E-state index in [0.29, 0.717) is 24.3 Å². The molecule has 0 aliphatic heterocycles. The predicted octanol–water partition coefficient (Wildman–Crippen LogP) is 3.38. The number of benzene rings is 2. The Balaban J connectivity index is 2.04. The Labute approximate surface area is 143 Å². The first kappa shape index (κ1) is 17.7. The average molecular weight is 326 g/mol. The normalized spacial score (nSPS) is 11.4. The highest BCUT2D eigenvalue weighted by Crippen LogP contribution is 2.30. The molecule has 0 spiro atoms. The largest absolute Gasteiger partial charge is 0.497 e. The molecule has 0 bridgehead atoms. The Morgan fingerprint density at radius 3 is 2.62 bits per heavy atom. The van der Waals surface area contributed by atoms with Gasteiger partial charge in [0, 0.05) is 0 Å². The van der Waals surface area contributed by atoms with Gasteiger partial charge in [-0.1, -0.05) is 24.1 Å². The van der Waals surface area contributed by atoms with E-state index in [1.165, 1.54) is 0 Å². The van der Waals surface area contributed by atoms with Crippen molar-refractivity contribution in [1.82, 2.24) is 0 Å². The third-order valence-electron chi connectivity index (χ3n) is 3.72. The smallest absolute Gasteiger partial charge is 0.162 e. The van der Waals surface area contributed by atoms with Gasteiger partial charge >= 0.3 is 0 Å². The van der Waals surface area contributed by atoms with E-state index in [4.69, 9.17) is 20.6 Å². The van der Waals surface area contributed by atoms with Gasteiger partial charge in [-0.25, -0.2) is 0 Å². The van der Waals surface area contributed by atoms with Crippen molar-refractivity contribution in [3.63, 3.8) is 0 Å². The molecular formula is C20H22O4. The summed E-state index contributed by atoms with van der Waals surface area (Å²) in [7, 11) is 3.20. The molecule has 0 aliphatic rings. The van der Waals surface area contributed by atoms with Gasteiger partial charge in [-0.15, -0.1) is 6.42 Å². The van der Waals surface area contributed by atoms with Crippen molar-refractivity contribution >= 4 is 0 Å². The summed E-state index contributed by atoms with van der Waals surface area (Å²) in [6.45, 7) is 0.187. The molecule has 4 nitrogen and oxygen atoms in total. The summed E-state index contributed by atoms with van der Waals surface area (Å²) in [5.41, 5.74) is 1.89. The monoisotopic (exact) mass is 326 g/mol. The molecule has 1 atom stereocenters. The van der Waals surface area contributed by atoms with E-state index < -0.39 is 6.10 Å². The molecule has 0 saturated heterocycles. The Hall–Kier alpha value is -2.64. The summed E-state index contributed by atoms with van der Waals surface area (Å²) in [5, 5.41) is 10.4. The van der Waals surface area contributed by atoms with Crippen LogP contribution in [0.15, 0.2) is 42.5 Å². The number of methoxy groups -OCH3 is 2. The zero-order chi connectivity index (χ0) is 17.4. The van der Waals surface area contributed by atoms with Gasteiger partial charge < -0.3 is 19.3 Å². The zero-order valence-electron chi connectivity index (χ0n) is 14.0. The van der Waals surface area contributed by atoms with Gasteiger partial charge in [0.25, 0.3) is 0 Å². The molecule has 2 rings (SSSR count). The van der Waals surface area contributed by atoms with Crippen molar-refractivity contribution in [2.75, 3.05) is 20.8 Å². The molecule has 1 unspecified atom stereocenters. The highest BCUT2D eigenvalue weighted by atomic mass is 16.5. The standard InChI is InChI=1S/C20H22O4/c1-4-12-24-20-13-15(9-11-19(20)23-3)8-10-18(21)16-6-5-7-17(14-16)22-2/h1,5-7,9,11,13-14,18,21H,8,10,12H2,2-3H3. The van der Waals surface area contributed by atoms with E-state index >= 15 is 0 Å². The third-order valence-corrected chi connectivity index (χ3v) is 3.72. The second-order valence-electron chi connectivity index (χ2n) is 5.31. The highest BCUT2D eigenvalue weighted by molar-refractivity contribution is 5.43. The van der Waals surface area contributed by atoms with Crippen molar-refractivity contribution < 1.29 is 19.3 Å². The fourth-order valence-electron chi connectivity index (χ4n) is 2.43. The van der Waals surface area contributed by atoms with Crippen molar-refractivity contribution in [1.29, 1.82) is 0 Å². The number of terminal acetylenes is 1. The maximum Gasteiger partial charge on any atom is 0.162 e. The number of hydrogen-bond donors (Lipinski definition) is 1. The molecule has 4 heteroatoms. The maximum absolute atomic E-state index is 10.4. The number of aliphatic hydroxyl groups excluding tert-OH is 1. The van der Waals surface area contributed by atoms with Crippen LogP contribution in [0.25, 0.3) is 0 Å². The molecule has 126 valence electrons. The van der Waals surface area contributed by atoms with Crippen LogP contribution in [0.1, 0.15) is 23.7 Å². The molecule has 0 radical (unpaired) electrons. The van der Waals surface area contributed by atoms with Gasteiger partial charge in [-0.3, -0.25) is 0 Å². The molecule has 24 heavy (non-hydrogen) atoms. The lowest BCUT2D eigenvalue weighted by molar-refractivity contribution is 0.167. The molecule has 0 fully saturated rings. The van der Waals surface area contributed by atoms with Gasteiger partial charge in [-0.05, 0) is 48.2 Å². The summed E-state index contributed by atoms with van der Waals surface area (Å²) in [5.74, 6) is 4.43. The van der Waals surface area contributed by atoms with Gasteiger partial charge in [0.2, 0.25) is 0 Å². The lowest BCUT2D eigenvalue weighted by atomic mass is 10.0. The van der Waals surface area contributed by atoms with Crippen molar-refractivity contribution in [3.05, 3.63) is 53.6 Å². The number of aliphatic hydroxyl groups is 1. The van der Waals surface area contributed by atoms with Crippen molar-refractivity contribution in [2.24, 2.45) is 0 Å². The van der Waals surface area contributed by atoms with Crippen LogP contribution >= 0.6 is 0 Å². The van der Waals surface area contributed by atoms with Crippen molar-refractivity contribution in [2.45, 2.75) is 18.9 Å². The molecule has 0 amide bonds. The number of rotatable bonds is 8. The Bertz CT molecular complexity index is 703. The van der Waals surface area contributed by atoms with Gasteiger partial charge in [0.05, 0.1) is 20.3 Å². The summed E-state index contributed by atoms with van der Waals surface area (Å²) < 4.78 is 15.9. The topological polar surface area (TPSA) is 47.9 Å². The van der Waals surface area contributed by atoms with E-state index in [9.17, 15) is 5.11 Å². The molecule has 0 heterocycles. The van der Waals surface area contributed by atoms with Gasteiger partial charge in [-0.2, -0.15) is 0 Å². The molecule has 0 aliphatic carbocycles. The highest BCUT2D eigenvalue weighted by Gasteiger charge is 2.11. The predicted molar refractivity (Wildman–Crippen MR) is 93.6 cm³/mol. The number of ether oxygens (including phenoxy) is 3. The van der Waals surface area contributed by atoms with Gasteiger partial charge in [0.1, 0.15) is 12.4 Å². The summed E-state index contributed by atoms with van der Waals surface area (Å²) in [4.78, 5) is 0. The van der Waals surface area contributed by atoms with Crippen LogP contribution in [0, 0.1) is 12.3 Å². The van der Waals surface area contributed by atoms with E-state index in [1.54, 1.807) is 14.2 Å². The molecular weight excluding hydrogens is 304 g/mol. The van der Waals surface area contributed by atoms with E-state index in [1.807, 2.05) is 42.5 Å². The van der Waals surface area contributed by atoms with E-state index in [-0.39, 0.29) is 6.61 Å². The van der Waals surface area contributed by atoms with Crippen LogP contribution in [-0.2, 0) is 6.42 Å². The number of aryl methyl sites for hydroxylation is 1. The fourth-order valence-corrected chi connectivity index (χ4v) is 2.43.